The van der Waals surface area contributed by atoms with Gasteiger partial charge >= 0.3 is 11.6 Å². The highest BCUT2D eigenvalue weighted by atomic mass is 16.6. The lowest BCUT2D eigenvalue weighted by Gasteiger charge is -2.35. The van der Waals surface area contributed by atoms with Crippen molar-refractivity contribution in [2.24, 2.45) is 0 Å². The second-order valence-corrected chi connectivity index (χ2v) is 10.2. The number of benzene rings is 2. The first-order chi connectivity index (χ1) is 20.3. The number of aromatic nitrogens is 4. The van der Waals surface area contributed by atoms with Gasteiger partial charge in [0.05, 0.1) is 0 Å². The van der Waals surface area contributed by atoms with Crippen LogP contribution in [0, 0.1) is 20.2 Å². The van der Waals surface area contributed by atoms with Gasteiger partial charge in [0.15, 0.2) is 0 Å². The third-order valence-electron chi connectivity index (χ3n) is 7.36. The Morgan fingerprint density at radius 2 is 1.02 bits per heavy atom. The van der Waals surface area contributed by atoms with Gasteiger partial charge in [0, 0.05) is 35.3 Å². The van der Waals surface area contributed by atoms with Gasteiger partial charge in [-0.15, -0.1) is 0 Å². The monoisotopic (exact) mass is 572 g/mol. The van der Waals surface area contributed by atoms with Gasteiger partial charge in [-0.3, -0.25) is 9.59 Å². The Bertz CT molecular complexity index is 1440. The summed E-state index contributed by atoms with van der Waals surface area (Å²) in [5, 5.41) is 27.1. The number of hydrogen-bond acceptors (Lipinski definition) is 8. The first kappa shape index (κ1) is 28.1. The highest BCUT2D eigenvalue weighted by molar-refractivity contribution is 5.94. The number of hydrogen-bond donors (Lipinski definition) is 2. The van der Waals surface area contributed by atoms with Crippen LogP contribution in [0.2, 0.25) is 0 Å². The van der Waals surface area contributed by atoms with Gasteiger partial charge in [0.25, 0.3) is 11.8 Å². The van der Waals surface area contributed by atoms with Gasteiger partial charge in [-0.2, -0.15) is 0 Å². The molecule has 2 aliphatic rings. The summed E-state index contributed by atoms with van der Waals surface area (Å²) in [7, 11) is 0. The van der Waals surface area contributed by atoms with Crippen LogP contribution in [-0.2, 0) is 0 Å². The van der Waals surface area contributed by atoms with Crippen LogP contribution in [0.1, 0.15) is 58.5 Å². The molecule has 4 aromatic rings. The predicted molar refractivity (Wildman–Crippen MR) is 150 cm³/mol. The summed E-state index contributed by atoms with van der Waals surface area (Å²) < 4.78 is 3.48. The fraction of sp³-hybridized carbons (Fsp3) is 0.286. The molecule has 14 nitrogen and oxygen atoms in total. The van der Waals surface area contributed by atoms with Crippen LogP contribution in [0.4, 0.5) is 11.6 Å². The summed E-state index contributed by atoms with van der Waals surface area (Å²) >= 11 is 0. The van der Waals surface area contributed by atoms with Crippen molar-refractivity contribution in [1.29, 1.82) is 0 Å². The Morgan fingerprint density at radius 3 is 1.33 bits per heavy atom. The second kappa shape index (κ2) is 12.4. The maximum absolute atomic E-state index is 12.0. The Balaban J connectivity index is 0.000000168. The van der Waals surface area contributed by atoms with E-state index in [1.54, 1.807) is 33.4 Å². The lowest BCUT2D eigenvalue weighted by atomic mass is 9.86. The zero-order valence-corrected chi connectivity index (χ0v) is 22.4. The van der Waals surface area contributed by atoms with Gasteiger partial charge in [-0.25, -0.2) is 0 Å². The maximum atomic E-state index is 12.0. The fourth-order valence-corrected chi connectivity index (χ4v) is 4.85. The minimum Gasteiger partial charge on any atom is -0.358 e. The molecule has 2 aliphatic carbocycles. The summed E-state index contributed by atoms with van der Waals surface area (Å²) in [5.74, 6) is -0.468. The van der Waals surface area contributed by atoms with Crippen molar-refractivity contribution in [3.05, 3.63) is 117 Å². The third kappa shape index (κ3) is 6.66. The molecule has 0 bridgehead atoms. The molecule has 2 amide bonds. The van der Waals surface area contributed by atoms with Gasteiger partial charge in [-0.05, 0) is 69.8 Å². The molecule has 2 saturated carbocycles. The van der Waals surface area contributed by atoms with Crippen molar-refractivity contribution in [2.75, 3.05) is 0 Å². The first-order valence-corrected chi connectivity index (χ1v) is 13.3. The van der Waals surface area contributed by atoms with E-state index in [2.05, 4.69) is 20.6 Å². The van der Waals surface area contributed by atoms with E-state index in [4.69, 9.17) is 0 Å². The van der Waals surface area contributed by atoms with Gasteiger partial charge < -0.3 is 40.0 Å². The SMILES string of the molecule is O=C(NC1CC(n2cnc([N+](=O)[O-])c2)C1)c1ccccc1.O=C(NC1CC(n2cnc([N+](=O)[O-])c2)C1)c1ccccc1. The molecule has 0 saturated heterocycles. The molecule has 42 heavy (non-hydrogen) atoms. The highest BCUT2D eigenvalue weighted by Gasteiger charge is 2.34. The van der Waals surface area contributed by atoms with Crippen molar-refractivity contribution in [3.8, 4) is 0 Å². The molecular weight excluding hydrogens is 544 g/mol. The van der Waals surface area contributed by atoms with E-state index >= 15 is 0 Å². The number of nitro groups is 2. The molecule has 0 unspecified atom stereocenters. The standard InChI is InChI=1S/2C14H14N4O3/c2*19-14(10-4-2-1-3-5-10)16-11-6-12(7-11)17-8-13(15-9-17)18(20)21/h2*1-5,8-9,11-12H,6-7H2,(H,16,19). The van der Waals surface area contributed by atoms with Gasteiger partial charge in [0.2, 0.25) is 12.7 Å². The molecule has 216 valence electrons. The lowest BCUT2D eigenvalue weighted by molar-refractivity contribution is -0.389. The van der Waals surface area contributed by atoms with E-state index < -0.39 is 9.85 Å². The van der Waals surface area contributed by atoms with Crippen LogP contribution in [-0.4, -0.2) is 52.8 Å². The number of imidazole rings is 2. The average molecular weight is 573 g/mol. The fourth-order valence-electron chi connectivity index (χ4n) is 4.85. The third-order valence-corrected chi connectivity index (χ3v) is 7.36. The lowest BCUT2D eigenvalue weighted by Crippen LogP contribution is -2.44. The maximum Gasteiger partial charge on any atom is 0.381 e. The molecule has 0 atom stereocenters. The molecule has 0 aliphatic heterocycles. The topological polar surface area (TPSA) is 180 Å². The van der Waals surface area contributed by atoms with Crippen LogP contribution >= 0.6 is 0 Å². The number of amides is 2. The molecule has 2 N–H and O–H groups in total. The predicted octanol–water partition coefficient (Wildman–Crippen LogP) is 3.85. The Morgan fingerprint density at radius 1 is 0.667 bits per heavy atom. The van der Waals surface area contributed by atoms with Crippen molar-refractivity contribution in [2.45, 2.75) is 49.9 Å². The normalized spacial score (nSPS) is 20.6. The van der Waals surface area contributed by atoms with E-state index in [1.807, 2.05) is 36.4 Å². The summed E-state index contributed by atoms with van der Waals surface area (Å²) in [6, 6.07) is 18.6. The smallest absolute Gasteiger partial charge is 0.358 e. The number of nitrogens with one attached hydrogen (secondary N) is 2. The Labute approximate surface area is 239 Å². The van der Waals surface area contributed by atoms with Crippen LogP contribution in [0.25, 0.3) is 0 Å². The minimum atomic E-state index is -0.510. The largest absolute Gasteiger partial charge is 0.381 e. The van der Waals surface area contributed by atoms with E-state index in [9.17, 15) is 29.8 Å². The number of rotatable bonds is 8. The molecule has 0 radical (unpaired) electrons. The van der Waals surface area contributed by atoms with Crippen molar-refractivity contribution in [1.82, 2.24) is 29.7 Å². The average Bonchev–Trinajstić information content (AvgIpc) is 3.64. The van der Waals surface area contributed by atoms with Crippen LogP contribution in [0.3, 0.4) is 0 Å². The van der Waals surface area contributed by atoms with E-state index in [-0.39, 0.29) is 47.6 Å². The van der Waals surface area contributed by atoms with Crippen molar-refractivity contribution in [3.63, 3.8) is 0 Å². The zero-order valence-electron chi connectivity index (χ0n) is 22.4. The molecule has 6 rings (SSSR count). The summed E-state index contributed by atoms with van der Waals surface area (Å²) in [5.41, 5.74) is 1.28. The highest BCUT2D eigenvalue weighted by Crippen LogP contribution is 2.34. The summed E-state index contributed by atoms with van der Waals surface area (Å²) in [6.45, 7) is 0. The quantitative estimate of drug-likeness (QED) is 0.236. The molecule has 0 spiro atoms. The van der Waals surface area contributed by atoms with Gasteiger partial charge in [0.1, 0.15) is 12.4 Å². The summed E-state index contributed by atoms with van der Waals surface area (Å²) in [4.78, 5) is 51.5. The van der Waals surface area contributed by atoms with E-state index in [1.165, 1.54) is 25.0 Å². The van der Waals surface area contributed by atoms with Crippen LogP contribution in [0.5, 0.6) is 0 Å². The second-order valence-electron chi connectivity index (χ2n) is 10.2. The van der Waals surface area contributed by atoms with Crippen molar-refractivity contribution >= 4 is 23.5 Å². The number of carbonyl (C=O) groups is 2. The molecule has 2 aromatic heterocycles. The number of nitrogens with zero attached hydrogens (tertiary/aromatic N) is 6. The minimum absolute atomic E-state index is 0.0874. The summed E-state index contributed by atoms with van der Waals surface area (Å²) in [6.07, 6.45) is 8.83. The van der Waals surface area contributed by atoms with Crippen molar-refractivity contribution < 1.29 is 19.4 Å². The molecular formula is C28H28N8O6. The molecule has 2 heterocycles. The van der Waals surface area contributed by atoms with Crippen LogP contribution < -0.4 is 10.6 Å². The zero-order chi connectivity index (χ0) is 29.6. The van der Waals surface area contributed by atoms with E-state index in [0.29, 0.717) is 11.1 Å². The van der Waals surface area contributed by atoms with E-state index in [0.717, 1.165) is 25.7 Å². The molecule has 2 aromatic carbocycles. The number of carbonyl (C=O) groups excluding carboxylic acids is 2. The molecule has 14 heteroatoms. The van der Waals surface area contributed by atoms with Gasteiger partial charge in [-0.1, -0.05) is 36.4 Å². The van der Waals surface area contributed by atoms with Crippen LogP contribution in [0.15, 0.2) is 85.7 Å². The Hall–Kier alpha value is -5.40. The molecule has 2 fully saturated rings. The first-order valence-electron chi connectivity index (χ1n) is 13.3. The Kier molecular flexibility index (Phi) is 8.32.